The van der Waals surface area contributed by atoms with Crippen molar-refractivity contribution in [2.75, 3.05) is 18.5 Å². The number of rotatable bonds is 6. The van der Waals surface area contributed by atoms with Gasteiger partial charge >= 0.3 is 6.03 Å². The molecule has 0 atom stereocenters. The summed E-state index contributed by atoms with van der Waals surface area (Å²) in [5, 5.41) is 22.4. The number of halogens is 1. The molecule has 0 bridgehead atoms. The number of nitrogens with one attached hydrogen (secondary N) is 2. The van der Waals surface area contributed by atoms with Crippen LogP contribution in [-0.4, -0.2) is 34.5 Å². The number of nitrogens with zero attached hydrogens (tertiary/aromatic N) is 2. The number of hydrogen-bond donors (Lipinski definition) is 3. The van der Waals surface area contributed by atoms with E-state index in [1.54, 1.807) is 18.2 Å². The Labute approximate surface area is 125 Å². The number of anilines is 1. The molecule has 0 spiro atoms. The predicted octanol–water partition coefficient (Wildman–Crippen LogP) is 1.77. The number of benzene rings is 1. The molecular weight excluding hydrogens is 295 g/mol. The highest BCUT2D eigenvalue weighted by Crippen LogP contribution is 2.19. The van der Waals surface area contributed by atoms with Gasteiger partial charge in [-0.3, -0.25) is 5.32 Å². The maximum absolute atomic E-state index is 13.5. The highest BCUT2D eigenvalue weighted by Gasteiger charge is 2.10. The van der Waals surface area contributed by atoms with E-state index in [9.17, 15) is 9.18 Å². The van der Waals surface area contributed by atoms with E-state index in [0.29, 0.717) is 35.1 Å². The van der Waals surface area contributed by atoms with E-state index in [1.165, 1.54) is 17.4 Å². The molecule has 0 radical (unpaired) electrons. The molecule has 0 unspecified atom stereocenters. The van der Waals surface area contributed by atoms with Gasteiger partial charge in [-0.15, -0.1) is 10.2 Å². The first kappa shape index (κ1) is 15.3. The molecule has 0 aliphatic heterocycles. The SMILES string of the molecule is O=C(NCCCO)Nc1nnc(Cc2ccccc2F)s1. The molecule has 6 nitrogen and oxygen atoms in total. The van der Waals surface area contributed by atoms with E-state index in [4.69, 9.17) is 5.11 Å². The van der Waals surface area contributed by atoms with Gasteiger partial charge in [0, 0.05) is 19.6 Å². The molecule has 0 fully saturated rings. The van der Waals surface area contributed by atoms with Crippen LogP contribution in [-0.2, 0) is 6.42 Å². The minimum Gasteiger partial charge on any atom is -0.396 e. The molecule has 8 heteroatoms. The third-order valence-corrected chi connectivity index (χ3v) is 3.45. The van der Waals surface area contributed by atoms with Crippen LogP contribution in [0.4, 0.5) is 14.3 Å². The van der Waals surface area contributed by atoms with Gasteiger partial charge in [0.15, 0.2) is 0 Å². The smallest absolute Gasteiger partial charge is 0.321 e. The van der Waals surface area contributed by atoms with Crippen molar-refractivity contribution >= 4 is 22.5 Å². The first-order valence-electron chi connectivity index (χ1n) is 6.40. The van der Waals surface area contributed by atoms with Gasteiger partial charge in [-0.1, -0.05) is 29.5 Å². The second-order valence-electron chi connectivity index (χ2n) is 4.23. The molecule has 0 saturated heterocycles. The van der Waals surface area contributed by atoms with Crippen LogP contribution in [0.25, 0.3) is 0 Å². The van der Waals surface area contributed by atoms with E-state index in [-0.39, 0.29) is 12.4 Å². The van der Waals surface area contributed by atoms with Crippen molar-refractivity contribution in [3.05, 3.63) is 40.7 Å². The lowest BCUT2D eigenvalue weighted by molar-refractivity contribution is 0.249. The molecule has 2 rings (SSSR count). The number of carbonyl (C=O) groups excluding carboxylic acids is 1. The highest BCUT2D eigenvalue weighted by atomic mass is 32.1. The number of aromatic nitrogens is 2. The second-order valence-corrected chi connectivity index (χ2v) is 5.29. The lowest BCUT2D eigenvalue weighted by Crippen LogP contribution is -2.29. The van der Waals surface area contributed by atoms with Crippen molar-refractivity contribution in [2.24, 2.45) is 0 Å². The summed E-state index contributed by atoms with van der Waals surface area (Å²) in [7, 11) is 0. The summed E-state index contributed by atoms with van der Waals surface area (Å²) >= 11 is 1.19. The van der Waals surface area contributed by atoms with E-state index in [0.717, 1.165) is 0 Å². The zero-order chi connectivity index (χ0) is 15.1. The van der Waals surface area contributed by atoms with Gasteiger partial charge in [-0.05, 0) is 18.1 Å². The molecule has 112 valence electrons. The van der Waals surface area contributed by atoms with Crippen LogP contribution >= 0.6 is 11.3 Å². The molecule has 21 heavy (non-hydrogen) atoms. The molecule has 1 aromatic carbocycles. The van der Waals surface area contributed by atoms with Gasteiger partial charge in [-0.2, -0.15) is 0 Å². The maximum atomic E-state index is 13.5. The Morgan fingerprint density at radius 1 is 1.33 bits per heavy atom. The number of urea groups is 1. The first-order valence-corrected chi connectivity index (χ1v) is 7.22. The summed E-state index contributed by atoms with van der Waals surface area (Å²) in [5.41, 5.74) is 0.535. The Balaban J connectivity index is 1.89. The Bertz CT molecular complexity index is 605. The summed E-state index contributed by atoms with van der Waals surface area (Å²) in [4.78, 5) is 11.5. The summed E-state index contributed by atoms with van der Waals surface area (Å²) in [6.45, 7) is 0.398. The zero-order valence-corrected chi connectivity index (χ0v) is 12.0. The number of aliphatic hydroxyl groups excluding tert-OH is 1. The van der Waals surface area contributed by atoms with Gasteiger partial charge in [0.05, 0.1) is 0 Å². The van der Waals surface area contributed by atoms with Crippen LogP contribution < -0.4 is 10.6 Å². The molecular formula is C13H15FN4O2S. The van der Waals surface area contributed by atoms with Crippen LogP contribution in [0.2, 0.25) is 0 Å². The van der Waals surface area contributed by atoms with Gasteiger partial charge in [-0.25, -0.2) is 9.18 Å². The Morgan fingerprint density at radius 2 is 2.14 bits per heavy atom. The van der Waals surface area contributed by atoms with Crippen LogP contribution in [0.15, 0.2) is 24.3 Å². The summed E-state index contributed by atoms with van der Waals surface area (Å²) in [6.07, 6.45) is 0.820. The first-order chi connectivity index (χ1) is 10.2. The lowest BCUT2D eigenvalue weighted by Gasteiger charge is -2.02. The fraction of sp³-hybridized carbons (Fsp3) is 0.308. The van der Waals surface area contributed by atoms with Crippen LogP contribution in [0.5, 0.6) is 0 Å². The van der Waals surface area contributed by atoms with Gasteiger partial charge in [0.2, 0.25) is 5.13 Å². The largest absolute Gasteiger partial charge is 0.396 e. The third kappa shape index (κ3) is 4.76. The normalized spacial score (nSPS) is 10.4. The van der Waals surface area contributed by atoms with Crippen LogP contribution in [0, 0.1) is 5.82 Å². The van der Waals surface area contributed by atoms with Gasteiger partial charge < -0.3 is 10.4 Å². The number of aliphatic hydroxyl groups is 1. The zero-order valence-electron chi connectivity index (χ0n) is 11.2. The van der Waals surface area contributed by atoms with Crippen LogP contribution in [0.3, 0.4) is 0 Å². The van der Waals surface area contributed by atoms with Crippen molar-refractivity contribution in [3.8, 4) is 0 Å². The molecule has 1 aromatic heterocycles. The summed E-state index contributed by atoms with van der Waals surface area (Å²) in [6, 6.07) is 6.06. The minimum absolute atomic E-state index is 0.0197. The van der Waals surface area contributed by atoms with Crippen molar-refractivity contribution in [2.45, 2.75) is 12.8 Å². The average Bonchev–Trinajstić information content (AvgIpc) is 2.89. The number of amides is 2. The Kier molecular flexibility index (Phi) is 5.59. The van der Waals surface area contributed by atoms with Gasteiger partial charge in [0.25, 0.3) is 0 Å². The van der Waals surface area contributed by atoms with E-state index in [1.807, 2.05) is 0 Å². The van der Waals surface area contributed by atoms with Crippen LogP contribution in [0.1, 0.15) is 17.0 Å². The van der Waals surface area contributed by atoms with Crippen molar-refractivity contribution in [1.29, 1.82) is 0 Å². The Hall–Kier alpha value is -2.06. The summed E-state index contributed by atoms with van der Waals surface area (Å²) < 4.78 is 13.5. The highest BCUT2D eigenvalue weighted by molar-refractivity contribution is 7.15. The summed E-state index contributed by atoms with van der Waals surface area (Å²) in [5.74, 6) is -0.288. The molecule has 0 saturated carbocycles. The van der Waals surface area contributed by atoms with Crippen molar-refractivity contribution < 1.29 is 14.3 Å². The fourth-order valence-corrected chi connectivity index (χ4v) is 2.36. The van der Waals surface area contributed by atoms with E-state index >= 15 is 0 Å². The van der Waals surface area contributed by atoms with E-state index in [2.05, 4.69) is 20.8 Å². The molecule has 0 aliphatic carbocycles. The van der Waals surface area contributed by atoms with Gasteiger partial charge in [0.1, 0.15) is 10.8 Å². The fourth-order valence-electron chi connectivity index (χ4n) is 1.60. The standard InChI is InChI=1S/C13H15FN4O2S/c14-10-5-2-1-4-9(10)8-11-17-18-13(21-11)16-12(20)15-6-3-7-19/h1-2,4-5,19H,3,6-8H2,(H2,15,16,18,20). The van der Waals surface area contributed by atoms with E-state index < -0.39 is 6.03 Å². The third-order valence-electron chi connectivity index (χ3n) is 2.61. The average molecular weight is 310 g/mol. The quantitative estimate of drug-likeness (QED) is 0.710. The number of hydrogen-bond acceptors (Lipinski definition) is 5. The molecule has 2 amide bonds. The van der Waals surface area contributed by atoms with Crippen molar-refractivity contribution in [1.82, 2.24) is 15.5 Å². The van der Waals surface area contributed by atoms with Crippen molar-refractivity contribution in [3.63, 3.8) is 0 Å². The Morgan fingerprint density at radius 3 is 2.90 bits per heavy atom. The molecule has 0 aliphatic rings. The second kappa shape index (κ2) is 7.65. The maximum Gasteiger partial charge on any atom is 0.321 e. The topological polar surface area (TPSA) is 87.1 Å². The lowest BCUT2D eigenvalue weighted by atomic mass is 10.1. The number of carbonyl (C=O) groups is 1. The molecule has 1 heterocycles. The minimum atomic E-state index is -0.406. The molecule has 2 aromatic rings. The molecule has 3 N–H and O–H groups in total. The monoisotopic (exact) mass is 310 g/mol. The predicted molar refractivity (Wildman–Crippen MR) is 77.8 cm³/mol.